The topological polar surface area (TPSA) is 33.0 Å². The first kappa shape index (κ1) is 12.4. The van der Waals surface area contributed by atoms with Crippen LogP contribution in [0.25, 0.3) is 0 Å². The van der Waals surface area contributed by atoms with Crippen molar-refractivity contribution < 1.29 is 17.9 Å². The van der Waals surface area contributed by atoms with Gasteiger partial charge in [0.05, 0.1) is 5.56 Å². The molecule has 0 aromatic heterocycles. The van der Waals surface area contributed by atoms with Gasteiger partial charge in [-0.05, 0) is 24.5 Å². The molecule has 16 heavy (non-hydrogen) atoms. The fourth-order valence-corrected chi connectivity index (χ4v) is 1.26. The van der Waals surface area contributed by atoms with Gasteiger partial charge in [-0.1, -0.05) is 19.1 Å². The molecular weight excluding hydrogens is 219 g/mol. The first-order valence-corrected chi connectivity index (χ1v) is 4.47. The van der Waals surface area contributed by atoms with Crippen molar-refractivity contribution in [2.75, 3.05) is 0 Å². The Hall–Kier alpha value is -1.70. The number of ether oxygens (including phenoxy) is 1. The van der Waals surface area contributed by atoms with Crippen LogP contribution in [0.5, 0.6) is 5.75 Å². The molecule has 0 fully saturated rings. The molecule has 0 aliphatic rings. The summed E-state index contributed by atoms with van der Waals surface area (Å²) in [6, 6.07) is 5.89. The first-order valence-electron chi connectivity index (χ1n) is 4.47. The zero-order valence-electron chi connectivity index (χ0n) is 8.51. The van der Waals surface area contributed by atoms with E-state index in [-0.39, 0.29) is 11.1 Å². The largest absolute Gasteiger partial charge is 0.573 e. The lowest BCUT2D eigenvalue weighted by atomic mass is 9.99. The second-order valence-corrected chi connectivity index (χ2v) is 3.28. The van der Waals surface area contributed by atoms with Crippen molar-refractivity contribution in [3.05, 3.63) is 36.2 Å². The predicted octanol–water partition coefficient (Wildman–Crippen LogP) is 3.39. The molecule has 2 nitrogen and oxygen atoms in total. The van der Waals surface area contributed by atoms with Crippen molar-refractivity contribution in [1.29, 1.82) is 5.26 Å². The number of hydrogen-bond acceptors (Lipinski definition) is 2. The SMILES string of the molecule is [CH2]C(C)c1cccc(C#N)c1OC(F)(F)F. The van der Waals surface area contributed by atoms with Crippen LogP contribution in [0, 0.1) is 18.3 Å². The summed E-state index contributed by atoms with van der Waals surface area (Å²) in [6.07, 6.45) is -4.81. The van der Waals surface area contributed by atoms with Crippen LogP contribution in [0.15, 0.2) is 18.2 Å². The molecular formula is C11H9F3NO. The van der Waals surface area contributed by atoms with Crippen LogP contribution in [-0.4, -0.2) is 6.36 Å². The average molecular weight is 228 g/mol. The van der Waals surface area contributed by atoms with Crippen molar-refractivity contribution in [3.63, 3.8) is 0 Å². The normalized spacial score (nSPS) is 11.3. The average Bonchev–Trinajstić information content (AvgIpc) is 2.15. The number of nitriles is 1. The molecule has 0 aliphatic carbocycles. The van der Waals surface area contributed by atoms with Gasteiger partial charge in [0.1, 0.15) is 6.07 Å². The predicted molar refractivity (Wildman–Crippen MR) is 51.6 cm³/mol. The van der Waals surface area contributed by atoms with Gasteiger partial charge in [0.25, 0.3) is 0 Å². The van der Waals surface area contributed by atoms with E-state index < -0.39 is 18.0 Å². The molecule has 0 aliphatic heterocycles. The maximum Gasteiger partial charge on any atom is 0.573 e. The number of nitrogens with zero attached hydrogens (tertiary/aromatic N) is 1. The van der Waals surface area contributed by atoms with Crippen LogP contribution in [0.3, 0.4) is 0 Å². The third-order valence-corrected chi connectivity index (χ3v) is 1.91. The zero-order chi connectivity index (χ0) is 12.3. The van der Waals surface area contributed by atoms with E-state index in [1.165, 1.54) is 18.2 Å². The highest BCUT2D eigenvalue weighted by Gasteiger charge is 2.33. The fraction of sp³-hybridized carbons (Fsp3) is 0.273. The minimum absolute atomic E-state index is 0.148. The maximum absolute atomic E-state index is 12.1. The molecule has 0 amide bonds. The van der Waals surface area contributed by atoms with E-state index >= 15 is 0 Å². The monoisotopic (exact) mass is 228 g/mol. The van der Waals surface area contributed by atoms with Gasteiger partial charge in [0.15, 0.2) is 5.75 Å². The van der Waals surface area contributed by atoms with Crippen molar-refractivity contribution in [2.24, 2.45) is 0 Å². The summed E-state index contributed by atoms with van der Waals surface area (Å²) in [5.41, 5.74) is 0.113. The summed E-state index contributed by atoms with van der Waals surface area (Å²) in [6.45, 7) is 5.24. The van der Waals surface area contributed by atoms with Gasteiger partial charge >= 0.3 is 6.36 Å². The quantitative estimate of drug-likeness (QED) is 0.777. The smallest absolute Gasteiger partial charge is 0.404 e. The Bertz CT molecular complexity index is 418. The second kappa shape index (κ2) is 4.44. The molecule has 85 valence electrons. The summed E-state index contributed by atoms with van der Waals surface area (Å²) in [4.78, 5) is 0. The van der Waals surface area contributed by atoms with E-state index in [1.807, 2.05) is 0 Å². The minimum Gasteiger partial charge on any atom is -0.404 e. The van der Waals surface area contributed by atoms with E-state index in [4.69, 9.17) is 5.26 Å². The number of alkyl halides is 3. The highest BCUT2D eigenvalue weighted by atomic mass is 19.4. The van der Waals surface area contributed by atoms with Crippen molar-refractivity contribution in [1.82, 2.24) is 0 Å². The molecule has 1 aromatic carbocycles. The molecule has 1 rings (SSSR count). The third-order valence-electron chi connectivity index (χ3n) is 1.91. The van der Waals surface area contributed by atoms with Gasteiger partial charge in [0.2, 0.25) is 0 Å². The van der Waals surface area contributed by atoms with Gasteiger partial charge in [-0.3, -0.25) is 0 Å². The Balaban J connectivity index is 3.27. The van der Waals surface area contributed by atoms with E-state index in [9.17, 15) is 13.2 Å². The summed E-state index contributed by atoms with van der Waals surface area (Å²) < 4.78 is 40.3. The Kier molecular flexibility index (Phi) is 3.43. The Morgan fingerprint density at radius 3 is 2.50 bits per heavy atom. The molecule has 0 saturated carbocycles. The van der Waals surface area contributed by atoms with Crippen LogP contribution >= 0.6 is 0 Å². The lowest BCUT2D eigenvalue weighted by Gasteiger charge is -2.16. The summed E-state index contributed by atoms with van der Waals surface area (Å²) in [5, 5.41) is 8.70. The van der Waals surface area contributed by atoms with Crippen molar-refractivity contribution in [3.8, 4) is 11.8 Å². The Morgan fingerprint density at radius 2 is 2.06 bits per heavy atom. The fourth-order valence-electron chi connectivity index (χ4n) is 1.26. The molecule has 1 atom stereocenters. The molecule has 0 spiro atoms. The first-order chi connectivity index (χ1) is 7.35. The molecule has 0 N–H and O–H groups in total. The van der Waals surface area contributed by atoms with E-state index in [1.54, 1.807) is 13.0 Å². The highest BCUT2D eigenvalue weighted by Crippen LogP contribution is 2.33. The molecule has 1 radical (unpaired) electrons. The number of halogens is 3. The summed E-state index contributed by atoms with van der Waals surface area (Å²) >= 11 is 0. The highest BCUT2D eigenvalue weighted by molar-refractivity contribution is 5.50. The van der Waals surface area contributed by atoms with Crippen LogP contribution in [-0.2, 0) is 0 Å². The molecule has 0 bridgehead atoms. The van der Waals surface area contributed by atoms with E-state index in [2.05, 4.69) is 11.7 Å². The number of benzene rings is 1. The molecule has 1 aromatic rings. The van der Waals surface area contributed by atoms with Crippen molar-refractivity contribution >= 4 is 0 Å². The van der Waals surface area contributed by atoms with Crippen molar-refractivity contribution in [2.45, 2.75) is 19.2 Å². The van der Waals surface area contributed by atoms with Gasteiger partial charge in [-0.25, -0.2) is 0 Å². The third kappa shape index (κ3) is 2.89. The van der Waals surface area contributed by atoms with Crippen LogP contribution in [0.4, 0.5) is 13.2 Å². The molecule has 1 unspecified atom stereocenters. The van der Waals surface area contributed by atoms with Gasteiger partial charge in [0, 0.05) is 0 Å². The lowest BCUT2D eigenvalue weighted by Crippen LogP contribution is -2.19. The summed E-state index contributed by atoms with van der Waals surface area (Å²) in [5.74, 6) is -0.856. The molecule has 5 heteroatoms. The van der Waals surface area contributed by atoms with Crippen LogP contribution in [0.2, 0.25) is 0 Å². The minimum atomic E-state index is -4.81. The van der Waals surface area contributed by atoms with E-state index in [0.29, 0.717) is 0 Å². The van der Waals surface area contributed by atoms with Gasteiger partial charge in [-0.15, -0.1) is 13.2 Å². The number of para-hydroxylation sites is 1. The number of rotatable bonds is 2. The maximum atomic E-state index is 12.1. The molecule has 0 heterocycles. The lowest BCUT2D eigenvalue weighted by molar-refractivity contribution is -0.275. The van der Waals surface area contributed by atoms with Crippen LogP contribution < -0.4 is 4.74 Å². The van der Waals surface area contributed by atoms with Gasteiger partial charge in [-0.2, -0.15) is 5.26 Å². The Labute approximate surface area is 91.3 Å². The van der Waals surface area contributed by atoms with E-state index in [0.717, 1.165) is 0 Å². The van der Waals surface area contributed by atoms with Gasteiger partial charge < -0.3 is 4.74 Å². The van der Waals surface area contributed by atoms with Crippen LogP contribution in [0.1, 0.15) is 24.0 Å². The zero-order valence-corrected chi connectivity index (χ0v) is 8.51. The number of hydrogen-bond donors (Lipinski definition) is 0. The second-order valence-electron chi connectivity index (χ2n) is 3.28. The Morgan fingerprint density at radius 1 is 1.44 bits per heavy atom. The molecule has 0 saturated heterocycles. The summed E-state index contributed by atoms with van der Waals surface area (Å²) in [7, 11) is 0. The standard InChI is InChI=1S/C11H9F3NO/c1-7(2)9-5-3-4-8(6-15)10(9)16-11(12,13)14/h3-5,7H,1H2,2H3.